The van der Waals surface area contributed by atoms with Crippen LogP contribution in [0.4, 0.5) is 0 Å². The molecule has 0 spiro atoms. The van der Waals surface area contributed by atoms with Crippen molar-refractivity contribution in [2.45, 2.75) is 67.9 Å². The standard InChI is InChI=1S/C15H32O/c1-10(2)14(11(3)4)13(16)9-12(5)15(6,7)8/h10-14,16H,9H2,1-8H3. The van der Waals surface area contributed by atoms with Crippen LogP contribution in [0.5, 0.6) is 0 Å². The van der Waals surface area contributed by atoms with Gasteiger partial charge in [0, 0.05) is 0 Å². The van der Waals surface area contributed by atoms with Gasteiger partial charge in [-0.15, -0.1) is 0 Å². The summed E-state index contributed by atoms with van der Waals surface area (Å²) < 4.78 is 0. The van der Waals surface area contributed by atoms with E-state index < -0.39 is 0 Å². The summed E-state index contributed by atoms with van der Waals surface area (Å²) in [6, 6.07) is 0. The van der Waals surface area contributed by atoms with Crippen LogP contribution in [0.2, 0.25) is 0 Å². The fraction of sp³-hybridized carbons (Fsp3) is 1.00. The maximum absolute atomic E-state index is 10.4. The van der Waals surface area contributed by atoms with Gasteiger partial charge in [-0.25, -0.2) is 0 Å². The third-order valence-electron chi connectivity index (χ3n) is 4.06. The van der Waals surface area contributed by atoms with Crippen molar-refractivity contribution in [3.63, 3.8) is 0 Å². The summed E-state index contributed by atoms with van der Waals surface area (Å²) in [6.45, 7) is 17.9. The molecule has 0 saturated carbocycles. The van der Waals surface area contributed by atoms with E-state index in [-0.39, 0.29) is 6.10 Å². The first-order valence-corrected chi connectivity index (χ1v) is 6.75. The highest BCUT2D eigenvalue weighted by Crippen LogP contribution is 2.34. The second kappa shape index (κ2) is 6.05. The van der Waals surface area contributed by atoms with E-state index in [1.807, 2.05) is 0 Å². The van der Waals surface area contributed by atoms with Gasteiger partial charge in [0.25, 0.3) is 0 Å². The second-order valence-corrected chi connectivity index (χ2v) is 7.14. The summed E-state index contributed by atoms with van der Waals surface area (Å²) in [5.74, 6) is 2.09. The Balaban J connectivity index is 4.48. The van der Waals surface area contributed by atoms with E-state index in [1.165, 1.54) is 0 Å². The van der Waals surface area contributed by atoms with Crippen LogP contribution in [0.25, 0.3) is 0 Å². The molecule has 2 unspecified atom stereocenters. The predicted octanol–water partition coefficient (Wildman–Crippen LogP) is 4.35. The average molecular weight is 228 g/mol. The first-order chi connectivity index (χ1) is 7.07. The summed E-state index contributed by atoms with van der Waals surface area (Å²) >= 11 is 0. The van der Waals surface area contributed by atoms with Crippen molar-refractivity contribution < 1.29 is 5.11 Å². The van der Waals surface area contributed by atoms with Gasteiger partial charge in [0.05, 0.1) is 6.10 Å². The third-order valence-corrected chi connectivity index (χ3v) is 4.06. The minimum Gasteiger partial charge on any atom is -0.393 e. The molecule has 2 atom stereocenters. The van der Waals surface area contributed by atoms with Crippen LogP contribution < -0.4 is 0 Å². The number of hydrogen-bond donors (Lipinski definition) is 1. The van der Waals surface area contributed by atoms with Crippen molar-refractivity contribution in [1.82, 2.24) is 0 Å². The first kappa shape index (κ1) is 16.0. The zero-order chi connectivity index (χ0) is 13.1. The monoisotopic (exact) mass is 228 g/mol. The quantitative estimate of drug-likeness (QED) is 0.742. The molecule has 1 nitrogen and oxygen atoms in total. The Hall–Kier alpha value is -0.0400. The Morgan fingerprint density at radius 3 is 1.50 bits per heavy atom. The largest absolute Gasteiger partial charge is 0.393 e. The summed E-state index contributed by atoms with van der Waals surface area (Å²) in [5.41, 5.74) is 0.291. The van der Waals surface area contributed by atoms with Crippen LogP contribution in [-0.4, -0.2) is 11.2 Å². The Kier molecular flexibility index (Phi) is 6.03. The first-order valence-electron chi connectivity index (χ1n) is 6.75. The highest BCUT2D eigenvalue weighted by Gasteiger charge is 2.30. The molecule has 0 aliphatic carbocycles. The van der Waals surface area contributed by atoms with Crippen molar-refractivity contribution in [2.24, 2.45) is 29.1 Å². The molecular formula is C15H32O. The zero-order valence-corrected chi connectivity index (χ0v) is 12.5. The molecule has 0 fully saturated rings. The van der Waals surface area contributed by atoms with Gasteiger partial charge in [0.15, 0.2) is 0 Å². The molecule has 0 aliphatic heterocycles. The molecule has 0 aromatic rings. The molecule has 0 aromatic heterocycles. The van der Waals surface area contributed by atoms with E-state index in [4.69, 9.17) is 0 Å². The van der Waals surface area contributed by atoms with Crippen LogP contribution in [0, 0.1) is 29.1 Å². The maximum atomic E-state index is 10.4. The molecule has 0 bridgehead atoms. The second-order valence-electron chi connectivity index (χ2n) is 7.14. The number of rotatable bonds is 5. The summed E-state index contributed by atoms with van der Waals surface area (Å²) in [7, 11) is 0. The van der Waals surface area contributed by atoms with Gasteiger partial charge >= 0.3 is 0 Å². The van der Waals surface area contributed by atoms with Gasteiger partial charge < -0.3 is 5.11 Å². The van der Waals surface area contributed by atoms with Crippen molar-refractivity contribution in [3.8, 4) is 0 Å². The van der Waals surface area contributed by atoms with Gasteiger partial charge in [0.1, 0.15) is 0 Å². The fourth-order valence-electron chi connectivity index (χ4n) is 2.53. The lowest BCUT2D eigenvalue weighted by Crippen LogP contribution is -2.33. The topological polar surface area (TPSA) is 20.2 Å². The van der Waals surface area contributed by atoms with Gasteiger partial charge in [-0.1, -0.05) is 55.4 Å². The van der Waals surface area contributed by atoms with E-state index in [0.29, 0.717) is 29.1 Å². The van der Waals surface area contributed by atoms with Crippen LogP contribution in [0.15, 0.2) is 0 Å². The lowest BCUT2D eigenvalue weighted by Gasteiger charge is -2.35. The molecule has 0 heterocycles. The summed E-state index contributed by atoms with van der Waals surface area (Å²) in [6.07, 6.45) is 0.763. The van der Waals surface area contributed by atoms with E-state index in [1.54, 1.807) is 0 Å². The van der Waals surface area contributed by atoms with E-state index in [0.717, 1.165) is 6.42 Å². The number of aliphatic hydroxyl groups is 1. The van der Waals surface area contributed by atoms with Crippen molar-refractivity contribution in [3.05, 3.63) is 0 Å². The highest BCUT2D eigenvalue weighted by atomic mass is 16.3. The normalized spacial score (nSPS) is 17.2. The predicted molar refractivity (Wildman–Crippen MR) is 72.4 cm³/mol. The van der Waals surface area contributed by atoms with Crippen LogP contribution >= 0.6 is 0 Å². The molecule has 1 heteroatoms. The zero-order valence-electron chi connectivity index (χ0n) is 12.5. The smallest absolute Gasteiger partial charge is 0.0576 e. The van der Waals surface area contributed by atoms with Gasteiger partial charge in [-0.3, -0.25) is 0 Å². The van der Waals surface area contributed by atoms with Crippen molar-refractivity contribution in [1.29, 1.82) is 0 Å². The molecule has 16 heavy (non-hydrogen) atoms. The Bertz CT molecular complexity index is 180. The molecule has 0 saturated heterocycles. The lowest BCUT2D eigenvalue weighted by molar-refractivity contribution is 0.0212. The molecule has 0 amide bonds. The van der Waals surface area contributed by atoms with Gasteiger partial charge in [-0.2, -0.15) is 0 Å². The van der Waals surface area contributed by atoms with E-state index in [9.17, 15) is 5.11 Å². The highest BCUT2D eigenvalue weighted by molar-refractivity contribution is 4.80. The SMILES string of the molecule is CC(C)C(C(C)C)C(O)CC(C)C(C)(C)C. The molecule has 1 N–H and O–H groups in total. The van der Waals surface area contributed by atoms with Crippen LogP contribution in [-0.2, 0) is 0 Å². The minimum atomic E-state index is -0.158. The number of hydrogen-bond acceptors (Lipinski definition) is 1. The van der Waals surface area contributed by atoms with Crippen LogP contribution in [0.1, 0.15) is 61.8 Å². The Morgan fingerprint density at radius 2 is 1.25 bits per heavy atom. The summed E-state index contributed by atoms with van der Waals surface area (Å²) in [4.78, 5) is 0. The van der Waals surface area contributed by atoms with Gasteiger partial charge in [0.2, 0.25) is 0 Å². The molecule has 0 aliphatic rings. The van der Waals surface area contributed by atoms with Crippen molar-refractivity contribution >= 4 is 0 Å². The van der Waals surface area contributed by atoms with E-state index in [2.05, 4.69) is 55.4 Å². The fourth-order valence-corrected chi connectivity index (χ4v) is 2.53. The maximum Gasteiger partial charge on any atom is 0.0576 e. The van der Waals surface area contributed by atoms with E-state index >= 15 is 0 Å². The Labute approximate surface area is 103 Å². The summed E-state index contributed by atoms with van der Waals surface area (Å²) in [5, 5.41) is 10.4. The molecular weight excluding hydrogens is 196 g/mol. The van der Waals surface area contributed by atoms with Gasteiger partial charge in [-0.05, 0) is 35.5 Å². The Morgan fingerprint density at radius 1 is 0.875 bits per heavy atom. The minimum absolute atomic E-state index is 0.158. The lowest BCUT2D eigenvalue weighted by atomic mass is 9.73. The molecule has 0 radical (unpaired) electrons. The van der Waals surface area contributed by atoms with Crippen LogP contribution in [0.3, 0.4) is 0 Å². The number of aliphatic hydroxyl groups excluding tert-OH is 1. The average Bonchev–Trinajstić information content (AvgIpc) is 1.99. The third kappa shape index (κ3) is 4.86. The van der Waals surface area contributed by atoms with Crippen molar-refractivity contribution in [2.75, 3.05) is 0 Å². The molecule has 98 valence electrons. The molecule has 0 rings (SSSR count). The molecule has 0 aromatic carbocycles.